The number of thioether (sulfide) groups is 2. The van der Waals surface area contributed by atoms with Crippen LogP contribution in [0.15, 0.2) is 46.2 Å². The molecule has 2 aromatic carbocycles. The van der Waals surface area contributed by atoms with Gasteiger partial charge in [0.1, 0.15) is 0 Å². The Bertz CT molecular complexity index is 672. The van der Waals surface area contributed by atoms with Crippen LogP contribution in [0.1, 0.15) is 29.8 Å². The van der Waals surface area contributed by atoms with Crippen molar-refractivity contribution < 1.29 is 4.79 Å². The van der Waals surface area contributed by atoms with E-state index in [9.17, 15) is 4.79 Å². The number of carbonyl (C=O) groups excluding carboxylic acids is 1. The molecule has 0 N–H and O–H groups in total. The van der Waals surface area contributed by atoms with Gasteiger partial charge in [-0.05, 0) is 55.7 Å². The molecule has 0 aromatic heterocycles. The van der Waals surface area contributed by atoms with E-state index in [1.165, 1.54) is 12.5 Å². The van der Waals surface area contributed by atoms with E-state index in [2.05, 4.69) is 19.1 Å². The van der Waals surface area contributed by atoms with Crippen LogP contribution in [0.2, 0.25) is 10.0 Å². The fourth-order valence-electron chi connectivity index (χ4n) is 1.82. The first-order chi connectivity index (χ1) is 10.9. The molecule has 0 saturated carbocycles. The first kappa shape index (κ1) is 20.4. The highest BCUT2D eigenvalue weighted by Gasteiger charge is 2.03. The number of hydrogen-bond donors (Lipinski definition) is 0. The fraction of sp³-hybridized carbons (Fsp3) is 0.278. The van der Waals surface area contributed by atoms with Crippen molar-refractivity contribution in [1.82, 2.24) is 0 Å². The lowest BCUT2D eigenvalue weighted by atomic mass is 10.1. The van der Waals surface area contributed by atoms with Gasteiger partial charge < -0.3 is 0 Å². The molecule has 0 aliphatic heterocycles. The van der Waals surface area contributed by atoms with Gasteiger partial charge in [0.25, 0.3) is 0 Å². The zero-order chi connectivity index (χ0) is 17.4. The van der Waals surface area contributed by atoms with Crippen molar-refractivity contribution in [1.29, 1.82) is 0 Å². The summed E-state index contributed by atoms with van der Waals surface area (Å²) in [4.78, 5) is 13.1. The Morgan fingerprint density at radius 2 is 1.48 bits per heavy atom. The summed E-state index contributed by atoms with van der Waals surface area (Å²) in [7, 11) is 0. The molecule has 1 nitrogen and oxygen atoms in total. The van der Waals surface area contributed by atoms with E-state index in [0.717, 1.165) is 21.2 Å². The Kier molecular flexibility index (Phi) is 9.15. The van der Waals surface area contributed by atoms with E-state index >= 15 is 0 Å². The molecule has 0 fully saturated rings. The molecule has 0 heterocycles. The molecule has 0 bridgehead atoms. The molecular formula is C18H20Cl2OS2. The number of carbonyl (C=O) groups is 1. The molecule has 2 rings (SSSR count). The Morgan fingerprint density at radius 1 is 0.957 bits per heavy atom. The van der Waals surface area contributed by atoms with E-state index in [1.54, 1.807) is 35.7 Å². The molecule has 5 heteroatoms. The van der Waals surface area contributed by atoms with Gasteiger partial charge in [-0.1, -0.05) is 42.3 Å². The minimum atomic E-state index is 0.0459. The number of rotatable bonds is 4. The lowest BCUT2D eigenvalue weighted by Crippen LogP contribution is -1.91. The van der Waals surface area contributed by atoms with Gasteiger partial charge in [-0.3, -0.25) is 4.79 Å². The first-order valence-electron chi connectivity index (χ1n) is 7.09. The van der Waals surface area contributed by atoms with E-state index < -0.39 is 0 Å². The van der Waals surface area contributed by atoms with Gasteiger partial charge in [0.05, 0.1) is 10.0 Å². The summed E-state index contributed by atoms with van der Waals surface area (Å²) in [5.41, 5.74) is 1.96. The Balaban J connectivity index is 0.000000231. The van der Waals surface area contributed by atoms with Gasteiger partial charge >= 0.3 is 0 Å². The molecule has 124 valence electrons. The molecule has 0 aliphatic carbocycles. The lowest BCUT2D eigenvalue weighted by Gasteiger charge is -2.01. The Hall–Kier alpha value is -0.610. The maximum Gasteiger partial charge on any atom is 0.159 e. The molecule has 0 radical (unpaired) electrons. The third kappa shape index (κ3) is 6.42. The number of Topliss-reactive ketones (excluding diaryl/α,β-unsaturated/α-hetero) is 1. The average molecular weight is 387 g/mol. The second-order valence-electron chi connectivity index (χ2n) is 4.73. The summed E-state index contributed by atoms with van der Waals surface area (Å²) < 4.78 is 0. The summed E-state index contributed by atoms with van der Waals surface area (Å²) in [6.07, 6.45) is 5.04. The van der Waals surface area contributed by atoms with Crippen LogP contribution in [-0.4, -0.2) is 18.3 Å². The van der Waals surface area contributed by atoms with Crippen molar-refractivity contribution in [2.45, 2.75) is 30.1 Å². The van der Waals surface area contributed by atoms with E-state index in [0.29, 0.717) is 10.6 Å². The van der Waals surface area contributed by atoms with Crippen molar-refractivity contribution >= 4 is 52.5 Å². The minimum Gasteiger partial charge on any atom is -0.295 e. The van der Waals surface area contributed by atoms with Gasteiger partial charge in [-0.25, -0.2) is 0 Å². The van der Waals surface area contributed by atoms with Gasteiger partial charge in [0, 0.05) is 15.4 Å². The van der Waals surface area contributed by atoms with Crippen LogP contribution in [0.3, 0.4) is 0 Å². The standard InChI is InChI=1S/C9H9ClOS.C9H11ClS/c1-6(11)7-3-4-9(12-2)8(10)5-7;1-3-7-4-5-9(11-2)8(10)6-7/h3-5H,1-2H3;4-6H,3H2,1-2H3. The summed E-state index contributed by atoms with van der Waals surface area (Å²) in [6, 6.07) is 11.6. The highest BCUT2D eigenvalue weighted by molar-refractivity contribution is 7.99. The predicted octanol–water partition coefficient (Wildman–Crippen LogP) is 6.89. The lowest BCUT2D eigenvalue weighted by molar-refractivity contribution is 0.101. The monoisotopic (exact) mass is 386 g/mol. The summed E-state index contributed by atoms with van der Waals surface area (Å²) in [5.74, 6) is 0.0459. The van der Waals surface area contributed by atoms with Crippen molar-refractivity contribution in [3.63, 3.8) is 0 Å². The molecule has 0 saturated heterocycles. The van der Waals surface area contributed by atoms with Crippen molar-refractivity contribution in [3.05, 3.63) is 57.6 Å². The highest BCUT2D eigenvalue weighted by Crippen LogP contribution is 2.26. The van der Waals surface area contributed by atoms with Gasteiger partial charge in [-0.2, -0.15) is 0 Å². The second kappa shape index (κ2) is 10.3. The Morgan fingerprint density at radius 3 is 1.87 bits per heavy atom. The maximum atomic E-state index is 10.9. The maximum absolute atomic E-state index is 10.9. The summed E-state index contributed by atoms with van der Waals surface area (Å²) in [5, 5.41) is 1.52. The van der Waals surface area contributed by atoms with Crippen LogP contribution >= 0.6 is 46.7 Å². The van der Waals surface area contributed by atoms with Crippen LogP contribution in [0.5, 0.6) is 0 Å². The first-order valence-corrected chi connectivity index (χ1v) is 10.3. The predicted molar refractivity (Wildman–Crippen MR) is 106 cm³/mol. The van der Waals surface area contributed by atoms with Crippen molar-refractivity contribution in [2.24, 2.45) is 0 Å². The number of ketones is 1. The van der Waals surface area contributed by atoms with E-state index in [1.807, 2.05) is 24.6 Å². The fourth-order valence-corrected chi connectivity index (χ4v) is 3.58. The van der Waals surface area contributed by atoms with Crippen molar-refractivity contribution in [2.75, 3.05) is 12.5 Å². The van der Waals surface area contributed by atoms with Gasteiger partial charge in [0.2, 0.25) is 0 Å². The number of halogens is 2. The molecule has 0 amide bonds. The SMILES string of the molecule is CCc1ccc(SC)c(Cl)c1.CSc1ccc(C(C)=O)cc1Cl. The molecule has 0 atom stereocenters. The quantitative estimate of drug-likeness (QED) is 0.420. The molecule has 0 spiro atoms. The number of hydrogen-bond acceptors (Lipinski definition) is 3. The van der Waals surface area contributed by atoms with Crippen LogP contribution < -0.4 is 0 Å². The smallest absolute Gasteiger partial charge is 0.159 e. The van der Waals surface area contributed by atoms with Crippen molar-refractivity contribution in [3.8, 4) is 0 Å². The van der Waals surface area contributed by atoms with Crippen LogP contribution in [0, 0.1) is 0 Å². The zero-order valence-electron chi connectivity index (χ0n) is 13.7. The van der Waals surface area contributed by atoms with E-state index in [-0.39, 0.29) is 5.78 Å². The molecule has 23 heavy (non-hydrogen) atoms. The topological polar surface area (TPSA) is 17.1 Å². The summed E-state index contributed by atoms with van der Waals surface area (Å²) >= 11 is 15.1. The molecule has 0 aliphatic rings. The number of aryl methyl sites for hydroxylation is 1. The highest BCUT2D eigenvalue weighted by atomic mass is 35.5. The second-order valence-corrected chi connectivity index (χ2v) is 7.24. The normalized spacial score (nSPS) is 10.0. The van der Waals surface area contributed by atoms with Crippen LogP contribution in [0.25, 0.3) is 0 Å². The minimum absolute atomic E-state index is 0.0459. The molecular weight excluding hydrogens is 367 g/mol. The Labute approximate surface area is 157 Å². The third-order valence-corrected chi connectivity index (χ3v) is 5.62. The average Bonchev–Trinajstić information content (AvgIpc) is 2.55. The van der Waals surface area contributed by atoms with Gasteiger partial charge in [0.15, 0.2) is 5.78 Å². The summed E-state index contributed by atoms with van der Waals surface area (Å²) in [6.45, 7) is 3.66. The molecule has 2 aromatic rings. The van der Waals surface area contributed by atoms with Crippen LogP contribution in [-0.2, 0) is 6.42 Å². The zero-order valence-corrected chi connectivity index (χ0v) is 16.8. The molecule has 0 unspecified atom stereocenters. The largest absolute Gasteiger partial charge is 0.295 e. The number of benzene rings is 2. The van der Waals surface area contributed by atoms with E-state index in [4.69, 9.17) is 23.2 Å². The van der Waals surface area contributed by atoms with Gasteiger partial charge in [-0.15, -0.1) is 23.5 Å². The van der Waals surface area contributed by atoms with Crippen LogP contribution in [0.4, 0.5) is 0 Å². The third-order valence-electron chi connectivity index (χ3n) is 3.18.